The minimum absolute atomic E-state index is 0. The number of nitrogens with zero attached hydrogens (tertiary/aromatic N) is 6. The van der Waals surface area contributed by atoms with E-state index in [9.17, 15) is 39.6 Å². The van der Waals surface area contributed by atoms with Crippen molar-refractivity contribution in [3.8, 4) is 12.1 Å². The first-order chi connectivity index (χ1) is 23.5. The molecule has 19 nitrogen and oxygen atoms in total. The molecule has 0 aromatic heterocycles. The summed E-state index contributed by atoms with van der Waals surface area (Å²) in [6.45, 7) is 6.31. The Bertz CT molecular complexity index is 1090. The number of esters is 4. The quantitative estimate of drug-likeness (QED) is 0.177. The summed E-state index contributed by atoms with van der Waals surface area (Å²) in [5.74, 6) is -2.44. The molecule has 0 saturated heterocycles. The largest absolute Gasteiger partial charge is 2.00 e. The van der Waals surface area contributed by atoms with Gasteiger partial charge < -0.3 is 44.5 Å². The third-order valence-corrected chi connectivity index (χ3v) is 5.62. The molecule has 0 saturated carbocycles. The fourth-order valence-corrected chi connectivity index (χ4v) is 3.48. The maximum Gasteiger partial charge on any atom is 2.00 e. The Morgan fingerprint density at radius 1 is 0.577 bits per heavy atom. The van der Waals surface area contributed by atoms with Gasteiger partial charge in [0.05, 0.1) is 40.6 Å². The summed E-state index contributed by atoms with van der Waals surface area (Å²) in [6, 6.07) is 1.38. The van der Waals surface area contributed by atoms with Crippen LogP contribution in [0.4, 0.5) is 0 Å². The topological polar surface area (TPSA) is 315 Å². The Hall–Kier alpha value is -4.05. The van der Waals surface area contributed by atoms with Crippen LogP contribution >= 0.6 is 0 Å². The average Bonchev–Trinajstić information content (AvgIpc) is 3.90. The van der Waals surface area contributed by atoms with Gasteiger partial charge in [0.2, 0.25) is 0 Å². The molecule has 4 aliphatic heterocycles. The van der Waals surface area contributed by atoms with Gasteiger partial charge in [-0.25, -0.2) is 19.2 Å². The predicted octanol–water partition coefficient (Wildman–Crippen LogP) is -2.24. The van der Waals surface area contributed by atoms with Crippen LogP contribution in [0, 0.1) is 22.7 Å². The number of aliphatic hydroxyl groups excluding tert-OH is 1. The van der Waals surface area contributed by atoms with Crippen LogP contribution in [-0.2, 0) is 77.1 Å². The SMILES string of the molecule is CC#N.CC#N.CC(C)O.COC(=O)[C@H]1CCC([O-])=N1.COC(=O)[C@H]1CCC([O-])=N1.COC(=O)[C@H]1CCC([O-])=N1.COC(=O)[C@H]1CCC([O-])=N1.[Rh+2].[Rh+2]. The normalized spacial score (nSPS) is 19.5. The van der Waals surface area contributed by atoms with Crippen LogP contribution in [0.1, 0.15) is 79.1 Å². The van der Waals surface area contributed by atoms with E-state index in [4.69, 9.17) is 15.6 Å². The van der Waals surface area contributed by atoms with Crippen LogP contribution in [0.25, 0.3) is 0 Å². The molecule has 0 unspecified atom stereocenters. The van der Waals surface area contributed by atoms with Crippen molar-refractivity contribution in [1.82, 2.24) is 0 Å². The Morgan fingerprint density at radius 3 is 0.788 bits per heavy atom. The van der Waals surface area contributed by atoms with Gasteiger partial charge in [-0.2, -0.15) is 10.5 Å². The second-order valence-electron chi connectivity index (χ2n) is 9.94. The molecule has 0 amide bonds. The van der Waals surface area contributed by atoms with Gasteiger partial charge in [-0.3, -0.25) is 20.0 Å². The van der Waals surface area contributed by atoms with Crippen molar-refractivity contribution in [3.63, 3.8) is 0 Å². The number of aliphatic hydroxyl groups is 1. The van der Waals surface area contributed by atoms with Crippen LogP contribution in [-0.4, -0.2) is 111 Å². The van der Waals surface area contributed by atoms with E-state index in [1.807, 2.05) is 0 Å². The zero-order valence-corrected chi connectivity index (χ0v) is 33.5. The van der Waals surface area contributed by atoms with Crippen LogP contribution in [0.5, 0.6) is 0 Å². The Balaban J connectivity index is -0.000000172. The van der Waals surface area contributed by atoms with E-state index in [0.717, 1.165) is 0 Å². The Kier molecular flexibility index (Phi) is 39.0. The molecular formula is C31H46N6O13Rh2. The van der Waals surface area contributed by atoms with Gasteiger partial charge in [-0.1, -0.05) is 0 Å². The first-order valence-corrected chi connectivity index (χ1v) is 15.1. The molecule has 0 spiro atoms. The zero-order chi connectivity index (χ0) is 39.2. The second-order valence-corrected chi connectivity index (χ2v) is 9.94. The van der Waals surface area contributed by atoms with Gasteiger partial charge in [0.15, 0.2) is 0 Å². The first-order valence-electron chi connectivity index (χ1n) is 15.1. The Labute approximate surface area is 329 Å². The molecule has 0 aromatic carbocycles. The fraction of sp³-hybridized carbons (Fsp3) is 0.677. The van der Waals surface area contributed by atoms with E-state index in [1.165, 1.54) is 42.3 Å². The van der Waals surface area contributed by atoms with Gasteiger partial charge in [0.1, 0.15) is 24.2 Å². The molecule has 4 atom stereocenters. The summed E-state index contributed by atoms with van der Waals surface area (Å²) in [6.07, 6.45) is 3.35. The first kappa shape index (κ1) is 57.3. The summed E-state index contributed by atoms with van der Waals surface area (Å²) in [5.41, 5.74) is 0. The van der Waals surface area contributed by atoms with Crippen molar-refractivity contribution in [2.75, 3.05) is 28.4 Å². The van der Waals surface area contributed by atoms with E-state index >= 15 is 0 Å². The number of hydrogen-bond donors (Lipinski definition) is 1. The van der Waals surface area contributed by atoms with E-state index in [1.54, 1.807) is 26.0 Å². The molecule has 4 rings (SSSR count). The number of rotatable bonds is 4. The number of aliphatic imine (C=N–C) groups is 4. The van der Waals surface area contributed by atoms with Gasteiger partial charge >= 0.3 is 62.8 Å². The van der Waals surface area contributed by atoms with Crippen LogP contribution in [0.2, 0.25) is 0 Å². The molecule has 1 N–H and O–H groups in total. The number of carbonyl (C=O) groups is 4. The molecule has 4 aliphatic rings. The smallest absolute Gasteiger partial charge is 0.862 e. The number of nitriles is 2. The van der Waals surface area contributed by atoms with Crippen LogP contribution in [0.3, 0.4) is 0 Å². The van der Waals surface area contributed by atoms with Crippen molar-refractivity contribution < 1.29 is 103 Å². The van der Waals surface area contributed by atoms with Crippen molar-refractivity contribution in [2.24, 2.45) is 20.0 Å². The standard InChI is InChI=1S/4C6H9NO3.C3H8O.2C2H3N.2Rh/c4*1-10-6(9)4-2-3-5(8)7-4;1-3(2)4;2*1-2-3;;/h4*4H,2-3H2,1H3,(H,7,8);3-4H,1-2H3;2*1H3;;/q;;;;;;;2*+2/p-4/t4*4-;;;;;/m1111...../s1. The average molecular weight is 917 g/mol. The van der Waals surface area contributed by atoms with E-state index in [-0.39, 0.29) is 68.7 Å². The van der Waals surface area contributed by atoms with E-state index in [2.05, 4.69) is 38.9 Å². The van der Waals surface area contributed by atoms with Crippen molar-refractivity contribution in [3.05, 3.63) is 0 Å². The predicted molar refractivity (Wildman–Crippen MR) is 170 cm³/mol. The molecule has 0 bridgehead atoms. The molecule has 296 valence electrons. The maximum absolute atomic E-state index is 10.7. The molecule has 0 aromatic rings. The summed E-state index contributed by atoms with van der Waals surface area (Å²) in [4.78, 5) is 56.9. The van der Waals surface area contributed by atoms with Crippen LogP contribution < -0.4 is 20.4 Å². The fourth-order valence-electron chi connectivity index (χ4n) is 3.48. The summed E-state index contributed by atoms with van der Waals surface area (Å²) < 4.78 is 17.6. The van der Waals surface area contributed by atoms with Gasteiger partial charge in [0, 0.05) is 20.0 Å². The van der Waals surface area contributed by atoms with Gasteiger partial charge in [0.25, 0.3) is 0 Å². The second kappa shape index (κ2) is 35.4. The number of hydrogen-bond acceptors (Lipinski definition) is 19. The third-order valence-electron chi connectivity index (χ3n) is 5.62. The Morgan fingerprint density at radius 2 is 0.712 bits per heavy atom. The number of methoxy groups -OCH3 is 4. The van der Waals surface area contributed by atoms with E-state index in [0.29, 0.717) is 51.4 Å². The van der Waals surface area contributed by atoms with Gasteiger partial charge in [-0.05, 0) is 88.8 Å². The minimum atomic E-state index is -0.530. The number of ether oxygens (including phenoxy) is 4. The molecule has 2 radical (unpaired) electrons. The monoisotopic (exact) mass is 916 g/mol. The third kappa shape index (κ3) is 29.7. The van der Waals surface area contributed by atoms with E-state index < -0.39 is 48.0 Å². The molecule has 52 heavy (non-hydrogen) atoms. The maximum atomic E-state index is 10.7. The van der Waals surface area contributed by atoms with Crippen LogP contribution in [0.15, 0.2) is 20.0 Å². The van der Waals surface area contributed by atoms with Crippen molar-refractivity contribution in [2.45, 2.75) is 109 Å². The molecule has 0 aliphatic carbocycles. The summed E-state index contributed by atoms with van der Waals surface area (Å²) >= 11 is 0. The summed E-state index contributed by atoms with van der Waals surface area (Å²) in [5, 5.41) is 64.7. The molecule has 4 heterocycles. The number of carbonyl (C=O) groups excluding carboxylic acids is 4. The zero-order valence-electron chi connectivity index (χ0n) is 30.2. The van der Waals surface area contributed by atoms with Crippen molar-refractivity contribution in [1.29, 1.82) is 10.5 Å². The van der Waals surface area contributed by atoms with Gasteiger partial charge in [-0.15, -0.1) is 0 Å². The molecular weight excluding hydrogens is 870 g/mol. The molecule has 21 heteroatoms. The molecule has 0 fully saturated rings. The minimum Gasteiger partial charge on any atom is -0.862 e. The van der Waals surface area contributed by atoms with Crippen molar-refractivity contribution >= 4 is 47.5 Å². The summed E-state index contributed by atoms with van der Waals surface area (Å²) in [7, 11) is 5.17.